The van der Waals surface area contributed by atoms with E-state index >= 15 is 0 Å². The summed E-state index contributed by atoms with van der Waals surface area (Å²) in [7, 11) is 0. The summed E-state index contributed by atoms with van der Waals surface area (Å²) in [5.41, 5.74) is 10.9. The molecule has 0 radical (unpaired) electrons. The van der Waals surface area contributed by atoms with Gasteiger partial charge in [0.05, 0.1) is 54.2 Å². The Bertz CT molecular complexity index is 2100. The average Bonchev–Trinajstić information content (AvgIpc) is 3.42. The van der Waals surface area contributed by atoms with Crippen LogP contribution in [0.4, 0.5) is 22.7 Å². The number of rotatable bonds is 8. The maximum Gasteiger partial charge on any atom is 0.257 e. The first-order chi connectivity index (χ1) is 23.6. The van der Waals surface area contributed by atoms with Crippen molar-refractivity contribution in [1.82, 2.24) is 9.55 Å². The Morgan fingerprint density at radius 2 is 1.62 bits per heavy atom. The number of benzene rings is 4. The second kappa shape index (κ2) is 12.9. The van der Waals surface area contributed by atoms with Crippen LogP contribution in [0.3, 0.4) is 0 Å². The van der Waals surface area contributed by atoms with E-state index in [0.29, 0.717) is 18.6 Å². The quantitative estimate of drug-likeness (QED) is 0.178. The van der Waals surface area contributed by atoms with E-state index in [0.717, 1.165) is 83.3 Å². The zero-order chi connectivity index (χ0) is 32.5. The molecule has 0 bridgehead atoms. The molecule has 2 aliphatic rings. The van der Waals surface area contributed by atoms with Gasteiger partial charge in [0.15, 0.2) is 0 Å². The first kappa shape index (κ1) is 29.8. The summed E-state index contributed by atoms with van der Waals surface area (Å²) in [5, 5.41) is 7.78. The van der Waals surface area contributed by atoms with Gasteiger partial charge >= 0.3 is 0 Å². The van der Waals surface area contributed by atoms with Crippen LogP contribution in [0.2, 0.25) is 0 Å². The zero-order valence-corrected chi connectivity index (χ0v) is 26.9. The van der Waals surface area contributed by atoms with Crippen LogP contribution in [0.5, 0.6) is 5.75 Å². The summed E-state index contributed by atoms with van der Waals surface area (Å²) < 4.78 is 13.8. The van der Waals surface area contributed by atoms with Gasteiger partial charge in [-0.15, -0.1) is 0 Å². The highest BCUT2D eigenvalue weighted by Crippen LogP contribution is 2.37. The van der Waals surface area contributed by atoms with Gasteiger partial charge in [-0.1, -0.05) is 42.0 Å². The first-order valence-corrected chi connectivity index (χ1v) is 16.5. The molecule has 8 rings (SSSR count). The van der Waals surface area contributed by atoms with Gasteiger partial charge in [0.1, 0.15) is 5.75 Å². The number of nitrogens with zero attached hydrogens (tertiary/aromatic N) is 3. The lowest BCUT2D eigenvalue weighted by Crippen LogP contribution is -2.36. The van der Waals surface area contributed by atoms with Crippen molar-refractivity contribution in [2.75, 3.05) is 48.4 Å². The summed E-state index contributed by atoms with van der Waals surface area (Å²) in [6.45, 7) is 6.74. The highest BCUT2D eigenvalue weighted by Gasteiger charge is 2.21. The number of hydrogen-bond acceptors (Lipinski definition) is 6. The highest BCUT2D eigenvalue weighted by atomic mass is 16.5. The lowest BCUT2D eigenvalue weighted by molar-refractivity contribution is 0.102. The van der Waals surface area contributed by atoms with E-state index in [-0.39, 0.29) is 5.91 Å². The summed E-state index contributed by atoms with van der Waals surface area (Å²) in [4.78, 5) is 20.2. The van der Waals surface area contributed by atoms with Crippen LogP contribution in [-0.4, -0.2) is 48.4 Å². The molecule has 0 spiro atoms. The molecule has 0 unspecified atom stereocenters. The Labute approximate surface area is 280 Å². The molecule has 4 aromatic carbocycles. The summed E-state index contributed by atoms with van der Waals surface area (Å²) in [6.07, 6.45) is 6.65. The van der Waals surface area contributed by atoms with Crippen LogP contribution in [0.25, 0.3) is 22.0 Å². The second-order valence-electron chi connectivity index (χ2n) is 12.5. The molecular formula is C40H37N5O3. The Morgan fingerprint density at radius 3 is 2.46 bits per heavy atom. The minimum absolute atomic E-state index is 0.137. The molecule has 1 amide bonds. The number of morpholine rings is 1. The molecule has 48 heavy (non-hydrogen) atoms. The van der Waals surface area contributed by atoms with Gasteiger partial charge in [0, 0.05) is 55.1 Å². The van der Waals surface area contributed by atoms with Crippen molar-refractivity contribution in [3.8, 4) is 16.9 Å². The van der Waals surface area contributed by atoms with E-state index in [1.54, 1.807) is 0 Å². The molecule has 8 nitrogen and oxygen atoms in total. The fourth-order valence-corrected chi connectivity index (χ4v) is 6.56. The first-order valence-electron chi connectivity index (χ1n) is 16.5. The van der Waals surface area contributed by atoms with Gasteiger partial charge in [-0.05, 0) is 78.2 Å². The van der Waals surface area contributed by atoms with Crippen molar-refractivity contribution >= 4 is 39.6 Å². The summed E-state index contributed by atoms with van der Waals surface area (Å²) >= 11 is 0. The third-order valence-electron chi connectivity index (χ3n) is 9.21. The van der Waals surface area contributed by atoms with Gasteiger partial charge in [-0.3, -0.25) is 9.78 Å². The summed E-state index contributed by atoms with van der Waals surface area (Å²) in [5.74, 6) is 0.708. The Morgan fingerprint density at radius 1 is 0.812 bits per heavy atom. The third-order valence-corrected chi connectivity index (χ3v) is 9.21. The Kier molecular flexibility index (Phi) is 8.00. The number of amides is 1. The maximum absolute atomic E-state index is 13.4. The topological polar surface area (TPSA) is 80.6 Å². The number of pyridine rings is 1. The number of nitrogens with one attached hydrogen (secondary N) is 2. The summed E-state index contributed by atoms with van der Waals surface area (Å²) in [6, 6.07) is 31.1. The van der Waals surface area contributed by atoms with E-state index < -0.39 is 0 Å². The van der Waals surface area contributed by atoms with Crippen molar-refractivity contribution in [3.63, 3.8) is 0 Å². The number of carbonyl (C=O) groups is 1. The molecule has 1 fully saturated rings. The number of carbonyl (C=O) groups excluding carboxylic acids is 1. The van der Waals surface area contributed by atoms with Crippen molar-refractivity contribution < 1.29 is 14.3 Å². The molecule has 2 aromatic heterocycles. The van der Waals surface area contributed by atoms with Crippen LogP contribution in [0.15, 0.2) is 110 Å². The molecule has 2 aliphatic heterocycles. The fraction of sp³-hybridized carbons (Fsp3) is 0.200. The van der Waals surface area contributed by atoms with Crippen LogP contribution < -0.4 is 20.3 Å². The van der Waals surface area contributed by atoms with Crippen LogP contribution in [-0.2, 0) is 17.7 Å². The van der Waals surface area contributed by atoms with E-state index in [1.165, 1.54) is 16.8 Å². The predicted molar refractivity (Wildman–Crippen MR) is 192 cm³/mol. The molecule has 1 saturated heterocycles. The number of fused-ring (bicyclic) bond motifs is 3. The molecule has 0 atom stereocenters. The molecule has 6 aromatic rings. The van der Waals surface area contributed by atoms with Crippen molar-refractivity contribution in [2.24, 2.45) is 0 Å². The normalized spacial score (nSPS) is 14.1. The van der Waals surface area contributed by atoms with Gasteiger partial charge in [-0.25, -0.2) is 0 Å². The Balaban J connectivity index is 0.985. The van der Waals surface area contributed by atoms with Crippen molar-refractivity contribution in [1.29, 1.82) is 0 Å². The van der Waals surface area contributed by atoms with Gasteiger partial charge < -0.3 is 29.6 Å². The monoisotopic (exact) mass is 635 g/mol. The lowest BCUT2D eigenvalue weighted by atomic mass is 10.0. The van der Waals surface area contributed by atoms with E-state index in [9.17, 15) is 4.79 Å². The second-order valence-corrected chi connectivity index (χ2v) is 12.5. The smallest absolute Gasteiger partial charge is 0.257 e. The molecule has 4 heterocycles. The van der Waals surface area contributed by atoms with Crippen molar-refractivity contribution in [3.05, 3.63) is 132 Å². The minimum Gasteiger partial charge on any atom is -0.493 e. The van der Waals surface area contributed by atoms with Gasteiger partial charge in [0.2, 0.25) is 0 Å². The van der Waals surface area contributed by atoms with Crippen LogP contribution >= 0.6 is 0 Å². The molecule has 0 aliphatic carbocycles. The number of anilines is 4. The SMILES string of the molecule is Cc1ccc(Cn2cc(-c3ccc4c(c3)Nc3ccc(CCOc5ccc(N6CCOCC6)cc5)cc3NC4=O)c3ccncc32)cc1. The number of hydrogen-bond donors (Lipinski definition) is 2. The number of aryl methyl sites for hydroxylation is 1. The zero-order valence-electron chi connectivity index (χ0n) is 26.9. The molecule has 0 saturated carbocycles. The average molecular weight is 636 g/mol. The predicted octanol–water partition coefficient (Wildman–Crippen LogP) is 7.83. The number of aromatic nitrogens is 2. The van der Waals surface area contributed by atoms with E-state index in [4.69, 9.17) is 9.47 Å². The standard InChI is InChI=1S/C40H37N5O3/c1-27-2-4-29(5-3-27)25-45-26-35(33-14-16-41-24-39(33)45)30-7-12-34-37(23-30)42-36-13-6-28(22-38(36)43-40(34)46)15-19-48-32-10-8-31(9-11-32)44-17-20-47-21-18-44/h2-14,16,22-24,26,42H,15,17-21,25H2,1H3,(H,43,46). The molecule has 8 heteroatoms. The minimum atomic E-state index is -0.137. The van der Waals surface area contributed by atoms with E-state index in [1.807, 2.05) is 48.8 Å². The lowest BCUT2D eigenvalue weighted by Gasteiger charge is -2.28. The molecule has 240 valence electrons. The molecule has 2 N–H and O–H groups in total. The van der Waals surface area contributed by atoms with Crippen molar-refractivity contribution in [2.45, 2.75) is 19.9 Å². The van der Waals surface area contributed by atoms with Gasteiger partial charge in [0.25, 0.3) is 5.91 Å². The van der Waals surface area contributed by atoms with Crippen LogP contribution in [0.1, 0.15) is 27.0 Å². The van der Waals surface area contributed by atoms with E-state index in [2.05, 4.69) is 92.8 Å². The largest absolute Gasteiger partial charge is 0.493 e. The third kappa shape index (κ3) is 6.10. The Hall–Kier alpha value is -5.60. The van der Waals surface area contributed by atoms with Gasteiger partial charge in [-0.2, -0.15) is 0 Å². The highest BCUT2D eigenvalue weighted by molar-refractivity contribution is 6.13. The maximum atomic E-state index is 13.4. The molecular weight excluding hydrogens is 598 g/mol. The fourth-order valence-electron chi connectivity index (χ4n) is 6.56. The van der Waals surface area contributed by atoms with Crippen LogP contribution in [0, 0.1) is 6.92 Å². The number of ether oxygens (including phenoxy) is 2.